The molecule has 0 amide bonds. The number of carbonyl (C=O) groups excluding carboxylic acids is 1. The maximum atomic E-state index is 12.0. The van der Waals surface area contributed by atoms with Crippen LogP contribution in [0.2, 0.25) is 0 Å². The number of aryl methyl sites for hydroxylation is 1. The van der Waals surface area contributed by atoms with Gasteiger partial charge in [-0.3, -0.25) is 4.79 Å². The molecule has 3 aromatic rings. The van der Waals surface area contributed by atoms with E-state index in [9.17, 15) is 4.79 Å². The number of para-hydroxylation sites is 2. The molecule has 0 fully saturated rings. The summed E-state index contributed by atoms with van der Waals surface area (Å²) in [5.41, 5.74) is 3.38. The van der Waals surface area contributed by atoms with Gasteiger partial charge in [0.1, 0.15) is 5.52 Å². The van der Waals surface area contributed by atoms with Crippen molar-refractivity contribution in [2.75, 3.05) is 0 Å². The van der Waals surface area contributed by atoms with Crippen LogP contribution in [0, 0.1) is 6.92 Å². The highest BCUT2D eigenvalue weighted by atomic mass is 32.2. The van der Waals surface area contributed by atoms with E-state index in [1.807, 2.05) is 55.5 Å². The number of carbonyl (C=O) groups is 1. The number of aromatic nitrogens is 1. The molecule has 21 heavy (non-hydrogen) atoms. The molecule has 0 atom stereocenters. The van der Waals surface area contributed by atoms with Gasteiger partial charge in [-0.2, -0.15) is 0 Å². The van der Waals surface area contributed by atoms with Crippen LogP contribution >= 0.6 is 11.8 Å². The predicted molar refractivity (Wildman–Crippen MR) is 84.5 cm³/mol. The summed E-state index contributed by atoms with van der Waals surface area (Å²) < 4.78 is 5.56. The molecule has 0 N–H and O–H groups in total. The SMILES string of the molecule is Cc1ccc(C(=O)C=CSc2nc3ccccc3o2)cc1. The Balaban J connectivity index is 1.68. The highest BCUT2D eigenvalue weighted by Gasteiger charge is 2.04. The summed E-state index contributed by atoms with van der Waals surface area (Å²) in [6, 6.07) is 15.1. The average molecular weight is 295 g/mol. The maximum absolute atomic E-state index is 12.0. The van der Waals surface area contributed by atoms with Crippen molar-refractivity contribution < 1.29 is 9.21 Å². The lowest BCUT2D eigenvalue weighted by Gasteiger charge is -1.96. The van der Waals surface area contributed by atoms with Gasteiger partial charge in [-0.25, -0.2) is 4.98 Å². The lowest BCUT2D eigenvalue weighted by molar-refractivity contribution is 0.104. The zero-order chi connectivity index (χ0) is 14.7. The van der Waals surface area contributed by atoms with E-state index < -0.39 is 0 Å². The zero-order valence-corrected chi connectivity index (χ0v) is 12.3. The molecule has 0 aliphatic carbocycles. The number of fused-ring (bicyclic) bond motifs is 1. The molecular formula is C17H13NO2S. The third-order valence-electron chi connectivity index (χ3n) is 3.00. The van der Waals surface area contributed by atoms with Gasteiger partial charge in [0.25, 0.3) is 5.22 Å². The normalized spacial score (nSPS) is 11.3. The first-order valence-corrected chi connectivity index (χ1v) is 7.40. The number of nitrogens with zero attached hydrogens (tertiary/aromatic N) is 1. The fourth-order valence-electron chi connectivity index (χ4n) is 1.87. The Bertz CT molecular complexity index is 770. The molecule has 0 spiro atoms. The summed E-state index contributed by atoms with van der Waals surface area (Å²) in [6.07, 6.45) is 1.53. The van der Waals surface area contributed by atoms with Crippen molar-refractivity contribution in [2.24, 2.45) is 0 Å². The van der Waals surface area contributed by atoms with Crippen molar-refractivity contribution >= 4 is 28.6 Å². The number of hydrogen-bond donors (Lipinski definition) is 0. The van der Waals surface area contributed by atoms with E-state index in [2.05, 4.69) is 4.98 Å². The first-order valence-electron chi connectivity index (χ1n) is 6.52. The number of benzene rings is 2. The molecule has 0 unspecified atom stereocenters. The molecule has 0 saturated carbocycles. The first kappa shape index (κ1) is 13.6. The van der Waals surface area contributed by atoms with E-state index in [1.54, 1.807) is 5.41 Å². The Hall–Kier alpha value is -2.33. The topological polar surface area (TPSA) is 43.1 Å². The van der Waals surface area contributed by atoms with Crippen LogP contribution in [0.1, 0.15) is 15.9 Å². The molecule has 1 heterocycles. The van der Waals surface area contributed by atoms with Gasteiger partial charge in [-0.1, -0.05) is 42.0 Å². The van der Waals surface area contributed by atoms with Crippen LogP contribution in [0.4, 0.5) is 0 Å². The van der Waals surface area contributed by atoms with Gasteiger partial charge in [-0.15, -0.1) is 0 Å². The Morgan fingerprint density at radius 2 is 1.90 bits per heavy atom. The minimum Gasteiger partial charge on any atom is -0.431 e. The molecule has 3 rings (SSSR count). The molecule has 0 aliphatic rings. The third kappa shape index (κ3) is 3.23. The molecular weight excluding hydrogens is 282 g/mol. The predicted octanol–water partition coefficient (Wildman–Crippen LogP) is 4.62. The van der Waals surface area contributed by atoms with Crippen LogP contribution in [0.3, 0.4) is 0 Å². The van der Waals surface area contributed by atoms with Crippen molar-refractivity contribution in [3.05, 3.63) is 71.1 Å². The second-order valence-electron chi connectivity index (χ2n) is 4.60. The Labute approximate surface area is 126 Å². The summed E-state index contributed by atoms with van der Waals surface area (Å²) in [4.78, 5) is 16.3. The number of oxazole rings is 1. The second-order valence-corrected chi connectivity index (χ2v) is 5.46. The average Bonchev–Trinajstić information content (AvgIpc) is 2.90. The summed E-state index contributed by atoms with van der Waals surface area (Å²) in [7, 11) is 0. The number of thioether (sulfide) groups is 1. The fraction of sp³-hybridized carbons (Fsp3) is 0.0588. The quantitative estimate of drug-likeness (QED) is 0.400. The van der Waals surface area contributed by atoms with Gasteiger partial charge in [0.15, 0.2) is 11.4 Å². The molecule has 0 aliphatic heterocycles. The molecule has 2 aromatic carbocycles. The van der Waals surface area contributed by atoms with E-state index in [0.29, 0.717) is 10.8 Å². The van der Waals surface area contributed by atoms with E-state index in [-0.39, 0.29) is 5.78 Å². The maximum Gasteiger partial charge on any atom is 0.261 e. The van der Waals surface area contributed by atoms with Crippen molar-refractivity contribution in [3.8, 4) is 0 Å². The number of ketones is 1. The van der Waals surface area contributed by atoms with Gasteiger partial charge in [0, 0.05) is 5.56 Å². The summed E-state index contributed by atoms with van der Waals surface area (Å²) in [5, 5.41) is 2.23. The lowest BCUT2D eigenvalue weighted by atomic mass is 10.1. The van der Waals surface area contributed by atoms with Crippen LogP contribution < -0.4 is 0 Å². The molecule has 3 nitrogen and oxygen atoms in total. The van der Waals surface area contributed by atoms with Crippen LogP contribution in [-0.4, -0.2) is 10.8 Å². The van der Waals surface area contributed by atoms with Crippen LogP contribution in [0.15, 0.2) is 69.7 Å². The molecule has 1 aromatic heterocycles. The number of allylic oxidation sites excluding steroid dienone is 1. The largest absolute Gasteiger partial charge is 0.431 e. The van der Waals surface area contributed by atoms with E-state index in [4.69, 9.17) is 4.42 Å². The van der Waals surface area contributed by atoms with Crippen LogP contribution in [0.5, 0.6) is 0 Å². The van der Waals surface area contributed by atoms with Crippen molar-refractivity contribution in [1.29, 1.82) is 0 Å². The van der Waals surface area contributed by atoms with Gasteiger partial charge in [-0.05, 0) is 42.3 Å². The summed E-state index contributed by atoms with van der Waals surface area (Å²) in [6.45, 7) is 1.99. The Kier molecular flexibility index (Phi) is 3.88. The molecule has 0 radical (unpaired) electrons. The minimum absolute atomic E-state index is 0.0291. The molecule has 104 valence electrons. The third-order valence-corrected chi connectivity index (χ3v) is 3.65. The van der Waals surface area contributed by atoms with Crippen molar-refractivity contribution in [3.63, 3.8) is 0 Å². The smallest absolute Gasteiger partial charge is 0.261 e. The monoisotopic (exact) mass is 295 g/mol. The standard InChI is InChI=1S/C17H13NO2S/c1-12-6-8-13(9-7-12)15(19)10-11-21-17-18-14-4-2-3-5-16(14)20-17/h2-11H,1H3. The highest BCUT2D eigenvalue weighted by molar-refractivity contribution is 8.01. The first-order chi connectivity index (χ1) is 10.2. The van der Waals surface area contributed by atoms with Gasteiger partial charge >= 0.3 is 0 Å². The molecule has 0 saturated heterocycles. The number of hydrogen-bond acceptors (Lipinski definition) is 4. The van der Waals surface area contributed by atoms with Crippen LogP contribution in [-0.2, 0) is 0 Å². The lowest BCUT2D eigenvalue weighted by Crippen LogP contribution is -1.93. The van der Waals surface area contributed by atoms with E-state index in [1.165, 1.54) is 17.8 Å². The van der Waals surface area contributed by atoms with Gasteiger partial charge in [0.2, 0.25) is 0 Å². The second kappa shape index (κ2) is 5.97. The van der Waals surface area contributed by atoms with E-state index in [0.717, 1.165) is 16.7 Å². The highest BCUT2D eigenvalue weighted by Crippen LogP contribution is 2.23. The Morgan fingerprint density at radius 3 is 2.67 bits per heavy atom. The minimum atomic E-state index is -0.0291. The van der Waals surface area contributed by atoms with Crippen molar-refractivity contribution in [1.82, 2.24) is 4.98 Å². The Morgan fingerprint density at radius 1 is 1.14 bits per heavy atom. The molecule has 4 heteroatoms. The fourth-order valence-corrected chi connectivity index (χ4v) is 2.47. The van der Waals surface area contributed by atoms with Gasteiger partial charge < -0.3 is 4.42 Å². The molecule has 0 bridgehead atoms. The van der Waals surface area contributed by atoms with Gasteiger partial charge in [0.05, 0.1) is 0 Å². The van der Waals surface area contributed by atoms with E-state index >= 15 is 0 Å². The van der Waals surface area contributed by atoms with Crippen molar-refractivity contribution in [2.45, 2.75) is 12.1 Å². The zero-order valence-electron chi connectivity index (χ0n) is 11.4. The summed E-state index contributed by atoms with van der Waals surface area (Å²) >= 11 is 1.29. The number of rotatable bonds is 4. The summed E-state index contributed by atoms with van der Waals surface area (Å²) in [5.74, 6) is -0.0291. The van der Waals surface area contributed by atoms with Crippen LogP contribution in [0.25, 0.3) is 11.1 Å².